The molecule has 0 heterocycles. The fourth-order valence-electron chi connectivity index (χ4n) is 1.39. The molecule has 0 rings (SSSR count). The molecule has 0 saturated heterocycles. The Balaban J connectivity index is 3.49. The van der Waals surface area contributed by atoms with Gasteiger partial charge >= 0.3 is 23.9 Å². The lowest BCUT2D eigenvalue weighted by molar-refractivity contribution is -0.161. The van der Waals surface area contributed by atoms with Gasteiger partial charge in [-0.05, 0) is 12.8 Å². The van der Waals surface area contributed by atoms with E-state index < -0.39 is 23.9 Å². The van der Waals surface area contributed by atoms with Gasteiger partial charge in [0.1, 0.15) is 0 Å². The topological polar surface area (TPSA) is 86.7 Å². The van der Waals surface area contributed by atoms with Gasteiger partial charge in [-0.1, -0.05) is 26.7 Å². The summed E-state index contributed by atoms with van der Waals surface area (Å²) < 4.78 is 9.02. The second-order valence-corrected chi connectivity index (χ2v) is 4.31. The largest absolute Gasteiger partial charge is 0.393 e. The average Bonchev–Trinajstić information content (AvgIpc) is 2.42. The Hall–Kier alpha value is -1.72. The lowest BCUT2D eigenvalue weighted by atomic mass is 10.1. The lowest BCUT2D eigenvalue weighted by Gasteiger charge is -2.02. The summed E-state index contributed by atoms with van der Waals surface area (Å²) in [5.41, 5.74) is 0. The second kappa shape index (κ2) is 11.1. The minimum absolute atomic E-state index is 0.185. The fourth-order valence-corrected chi connectivity index (χ4v) is 1.39. The van der Waals surface area contributed by atoms with Gasteiger partial charge in [-0.3, -0.25) is 19.2 Å². The maximum atomic E-state index is 11.2. The van der Waals surface area contributed by atoms with Crippen molar-refractivity contribution in [1.29, 1.82) is 0 Å². The van der Waals surface area contributed by atoms with Gasteiger partial charge in [-0.2, -0.15) is 0 Å². The van der Waals surface area contributed by atoms with Crippen LogP contribution in [0.15, 0.2) is 0 Å². The molecule has 0 aromatic rings. The number of ether oxygens (including phenoxy) is 2. The fraction of sp³-hybridized carbons (Fsp3) is 0.714. The Morgan fingerprint density at radius 3 is 1.25 bits per heavy atom. The Bertz CT molecular complexity index is 314. The molecule has 6 nitrogen and oxygen atoms in total. The molecule has 0 aliphatic heterocycles. The number of carbonyl (C=O) groups excluding carboxylic acids is 4. The SMILES string of the molecule is CCC(=O)OC(=O)CCCCCCC(=O)OC(=O)CC. The lowest BCUT2D eigenvalue weighted by Crippen LogP contribution is -2.11. The predicted octanol–water partition coefficient (Wildman–Crippen LogP) is 2.29. The van der Waals surface area contributed by atoms with Crippen molar-refractivity contribution >= 4 is 23.9 Å². The van der Waals surface area contributed by atoms with E-state index >= 15 is 0 Å². The Morgan fingerprint density at radius 1 is 0.600 bits per heavy atom. The zero-order chi connectivity index (χ0) is 15.4. The van der Waals surface area contributed by atoms with Crippen molar-refractivity contribution in [2.75, 3.05) is 0 Å². The monoisotopic (exact) mass is 286 g/mol. The number of carbonyl (C=O) groups is 4. The van der Waals surface area contributed by atoms with Crippen molar-refractivity contribution in [3.8, 4) is 0 Å². The summed E-state index contributed by atoms with van der Waals surface area (Å²) in [4.78, 5) is 44.0. The maximum absolute atomic E-state index is 11.2. The summed E-state index contributed by atoms with van der Waals surface area (Å²) in [5, 5.41) is 0. The summed E-state index contributed by atoms with van der Waals surface area (Å²) in [6.07, 6.45) is 3.50. The van der Waals surface area contributed by atoms with Crippen LogP contribution >= 0.6 is 0 Å². The van der Waals surface area contributed by atoms with Crippen LogP contribution in [0.3, 0.4) is 0 Å². The highest BCUT2D eigenvalue weighted by Gasteiger charge is 2.09. The Kier molecular flexibility index (Phi) is 10.2. The Morgan fingerprint density at radius 2 is 0.950 bits per heavy atom. The van der Waals surface area contributed by atoms with Crippen molar-refractivity contribution in [1.82, 2.24) is 0 Å². The standard InChI is InChI=1S/C14H22O6/c1-3-11(15)19-13(17)9-7-5-6-8-10-14(18)20-12(16)4-2/h3-10H2,1-2H3. The summed E-state index contributed by atoms with van der Waals surface area (Å²) in [7, 11) is 0. The van der Waals surface area contributed by atoms with E-state index in [1.165, 1.54) is 0 Å². The third kappa shape index (κ3) is 10.2. The van der Waals surface area contributed by atoms with Crippen molar-refractivity contribution < 1.29 is 28.7 Å². The third-order valence-corrected chi connectivity index (χ3v) is 2.54. The quantitative estimate of drug-likeness (QED) is 0.367. The maximum Gasteiger partial charge on any atom is 0.313 e. The van der Waals surface area contributed by atoms with E-state index in [2.05, 4.69) is 9.47 Å². The van der Waals surface area contributed by atoms with Gasteiger partial charge in [-0.15, -0.1) is 0 Å². The molecule has 0 saturated carbocycles. The molecular formula is C14H22O6. The van der Waals surface area contributed by atoms with Crippen LogP contribution in [-0.2, 0) is 28.7 Å². The van der Waals surface area contributed by atoms with E-state index in [0.717, 1.165) is 12.8 Å². The highest BCUT2D eigenvalue weighted by Crippen LogP contribution is 2.07. The van der Waals surface area contributed by atoms with Gasteiger partial charge in [0, 0.05) is 25.7 Å². The first kappa shape index (κ1) is 18.3. The molecule has 6 heteroatoms. The van der Waals surface area contributed by atoms with Gasteiger partial charge < -0.3 is 9.47 Å². The van der Waals surface area contributed by atoms with Crippen LogP contribution in [0.25, 0.3) is 0 Å². The highest BCUT2D eigenvalue weighted by atomic mass is 16.6. The minimum Gasteiger partial charge on any atom is -0.393 e. The second-order valence-electron chi connectivity index (χ2n) is 4.31. The molecule has 0 aliphatic carbocycles. The van der Waals surface area contributed by atoms with Gasteiger partial charge in [0.05, 0.1) is 0 Å². The molecule has 0 N–H and O–H groups in total. The van der Waals surface area contributed by atoms with Gasteiger partial charge in [0.2, 0.25) is 0 Å². The molecule has 0 amide bonds. The number of unbranched alkanes of at least 4 members (excludes halogenated alkanes) is 3. The molecule has 0 aromatic carbocycles. The molecule has 0 fully saturated rings. The highest BCUT2D eigenvalue weighted by molar-refractivity contribution is 5.85. The number of hydrogen-bond acceptors (Lipinski definition) is 6. The van der Waals surface area contributed by atoms with Crippen molar-refractivity contribution in [3.63, 3.8) is 0 Å². The molecule has 114 valence electrons. The Labute approximate surface area is 118 Å². The van der Waals surface area contributed by atoms with Gasteiger partial charge in [0.25, 0.3) is 0 Å². The van der Waals surface area contributed by atoms with E-state index in [4.69, 9.17) is 0 Å². The van der Waals surface area contributed by atoms with Crippen LogP contribution in [0.4, 0.5) is 0 Å². The first-order valence-corrected chi connectivity index (χ1v) is 6.96. The van der Waals surface area contributed by atoms with Crippen LogP contribution < -0.4 is 0 Å². The summed E-state index contributed by atoms with van der Waals surface area (Å²) in [6.45, 7) is 3.25. The van der Waals surface area contributed by atoms with Crippen molar-refractivity contribution in [3.05, 3.63) is 0 Å². The summed E-state index contributed by atoms with van der Waals surface area (Å²) >= 11 is 0. The van der Waals surface area contributed by atoms with Crippen LogP contribution in [-0.4, -0.2) is 23.9 Å². The van der Waals surface area contributed by atoms with E-state index in [9.17, 15) is 19.2 Å². The van der Waals surface area contributed by atoms with Crippen LogP contribution in [0, 0.1) is 0 Å². The molecule has 0 unspecified atom stereocenters. The average molecular weight is 286 g/mol. The van der Waals surface area contributed by atoms with Crippen molar-refractivity contribution in [2.45, 2.75) is 65.2 Å². The third-order valence-electron chi connectivity index (χ3n) is 2.54. The van der Waals surface area contributed by atoms with E-state index in [1.807, 2.05) is 0 Å². The number of rotatable bonds is 9. The summed E-state index contributed by atoms with van der Waals surface area (Å²) in [6, 6.07) is 0. The summed E-state index contributed by atoms with van der Waals surface area (Å²) in [5.74, 6) is -2.05. The molecule has 0 radical (unpaired) electrons. The number of esters is 4. The number of hydrogen-bond donors (Lipinski definition) is 0. The van der Waals surface area contributed by atoms with E-state index in [1.54, 1.807) is 13.8 Å². The molecule has 0 aromatic heterocycles. The predicted molar refractivity (Wildman–Crippen MR) is 70.5 cm³/mol. The van der Waals surface area contributed by atoms with E-state index in [-0.39, 0.29) is 25.7 Å². The van der Waals surface area contributed by atoms with E-state index in [0.29, 0.717) is 12.8 Å². The molecule has 0 atom stereocenters. The van der Waals surface area contributed by atoms with Gasteiger partial charge in [0.15, 0.2) is 0 Å². The first-order chi connectivity index (χ1) is 9.49. The molecule has 20 heavy (non-hydrogen) atoms. The van der Waals surface area contributed by atoms with Crippen LogP contribution in [0.5, 0.6) is 0 Å². The zero-order valence-electron chi connectivity index (χ0n) is 12.1. The molecule has 0 spiro atoms. The van der Waals surface area contributed by atoms with Gasteiger partial charge in [-0.25, -0.2) is 0 Å². The van der Waals surface area contributed by atoms with Crippen LogP contribution in [0.1, 0.15) is 65.2 Å². The zero-order valence-corrected chi connectivity index (χ0v) is 12.1. The smallest absolute Gasteiger partial charge is 0.313 e. The minimum atomic E-state index is -0.515. The van der Waals surface area contributed by atoms with Crippen LogP contribution in [0.2, 0.25) is 0 Å². The molecule has 0 bridgehead atoms. The normalized spacial score (nSPS) is 9.90. The van der Waals surface area contributed by atoms with Crippen molar-refractivity contribution in [2.24, 2.45) is 0 Å². The first-order valence-electron chi connectivity index (χ1n) is 6.96. The molecular weight excluding hydrogens is 264 g/mol. The molecule has 0 aliphatic rings.